The largest absolute Gasteiger partial charge is 0.308 e. The summed E-state index contributed by atoms with van der Waals surface area (Å²) in [5.41, 5.74) is 8.78. The molecule has 0 spiro atoms. The first-order valence-corrected chi connectivity index (χ1v) is 18.7. The predicted octanol–water partition coefficient (Wildman–Crippen LogP) is 13.1. The van der Waals surface area contributed by atoms with Gasteiger partial charge in [-0.1, -0.05) is 158 Å². The maximum Gasteiger partial charge on any atom is 0.164 e. The van der Waals surface area contributed by atoms with Gasteiger partial charge in [-0.15, -0.1) is 0 Å². The van der Waals surface area contributed by atoms with Gasteiger partial charge in [-0.3, -0.25) is 0 Å². The molecular formula is C51H30N4. The van der Waals surface area contributed by atoms with E-state index >= 15 is 0 Å². The second kappa shape index (κ2) is 11.5. The summed E-state index contributed by atoms with van der Waals surface area (Å²) in [5, 5.41) is 12.3. The van der Waals surface area contributed by atoms with Crippen molar-refractivity contribution >= 4 is 70.4 Å². The van der Waals surface area contributed by atoms with Crippen molar-refractivity contribution in [1.29, 1.82) is 0 Å². The third-order valence-corrected chi connectivity index (χ3v) is 11.4. The zero-order valence-corrected chi connectivity index (χ0v) is 29.6. The van der Waals surface area contributed by atoms with Crippen molar-refractivity contribution in [3.05, 3.63) is 182 Å². The van der Waals surface area contributed by atoms with Crippen molar-refractivity contribution in [2.45, 2.75) is 0 Å². The fraction of sp³-hybridized carbons (Fsp3) is 0. The summed E-state index contributed by atoms with van der Waals surface area (Å²) in [5.74, 6) is 1.93. The third kappa shape index (κ3) is 4.37. The molecule has 0 radical (unpaired) electrons. The van der Waals surface area contributed by atoms with E-state index in [0.717, 1.165) is 27.8 Å². The van der Waals surface area contributed by atoms with Crippen LogP contribution in [0.2, 0.25) is 0 Å². The molecule has 0 aliphatic heterocycles. The van der Waals surface area contributed by atoms with Crippen LogP contribution in [0.25, 0.3) is 116 Å². The average Bonchev–Trinajstić information content (AvgIpc) is 3.79. The lowest BCUT2D eigenvalue weighted by Crippen LogP contribution is -2.01. The van der Waals surface area contributed by atoms with Crippen LogP contribution in [0.4, 0.5) is 0 Å². The lowest BCUT2D eigenvalue weighted by molar-refractivity contribution is 1.07. The van der Waals surface area contributed by atoms with Crippen molar-refractivity contribution in [3.63, 3.8) is 0 Å². The summed E-state index contributed by atoms with van der Waals surface area (Å²) in [6, 6.07) is 64.9. The van der Waals surface area contributed by atoms with Gasteiger partial charge in [0.1, 0.15) is 0 Å². The molecule has 12 rings (SSSR count). The monoisotopic (exact) mass is 698 g/mol. The minimum absolute atomic E-state index is 0.640. The molecule has 12 aromatic rings. The van der Waals surface area contributed by atoms with Gasteiger partial charge < -0.3 is 4.40 Å². The number of hydrogen-bond acceptors (Lipinski definition) is 3. The summed E-state index contributed by atoms with van der Waals surface area (Å²) in [4.78, 5) is 15.6. The maximum absolute atomic E-state index is 5.27. The molecule has 4 nitrogen and oxygen atoms in total. The molecular weight excluding hydrogens is 669 g/mol. The molecule has 0 saturated heterocycles. The predicted molar refractivity (Wildman–Crippen MR) is 229 cm³/mol. The Balaban J connectivity index is 1.23. The smallest absolute Gasteiger partial charge is 0.164 e. The van der Waals surface area contributed by atoms with E-state index in [0.29, 0.717) is 17.5 Å². The fourth-order valence-corrected chi connectivity index (χ4v) is 9.00. The molecule has 0 bridgehead atoms. The van der Waals surface area contributed by atoms with Gasteiger partial charge in [0.05, 0.1) is 16.6 Å². The zero-order valence-electron chi connectivity index (χ0n) is 29.6. The van der Waals surface area contributed by atoms with E-state index in [1.54, 1.807) is 0 Å². The molecule has 254 valence electrons. The zero-order chi connectivity index (χ0) is 36.0. The highest BCUT2D eigenvalue weighted by Gasteiger charge is 2.23. The van der Waals surface area contributed by atoms with Crippen molar-refractivity contribution in [3.8, 4) is 45.3 Å². The van der Waals surface area contributed by atoms with Crippen molar-refractivity contribution in [2.75, 3.05) is 0 Å². The van der Waals surface area contributed by atoms with Crippen LogP contribution >= 0.6 is 0 Å². The van der Waals surface area contributed by atoms with Gasteiger partial charge in [0.2, 0.25) is 0 Å². The molecule has 4 heteroatoms. The fourth-order valence-electron chi connectivity index (χ4n) is 9.00. The number of fused-ring (bicyclic) bond motifs is 12. The Morgan fingerprint density at radius 1 is 0.309 bits per heavy atom. The molecule has 0 fully saturated rings. The molecule has 0 aliphatic carbocycles. The third-order valence-electron chi connectivity index (χ3n) is 11.4. The number of aromatic nitrogens is 4. The van der Waals surface area contributed by atoms with E-state index in [-0.39, 0.29) is 0 Å². The first kappa shape index (κ1) is 30.1. The second-order valence-electron chi connectivity index (χ2n) is 14.3. The lowest BCUT2D eigenvalue weighted by atomic mass is 9.86. The van der Waals surface area contributed by atoms with Crippen LogP contribution in [0.1, 0.15) is 0 Å². The van der Waals surface area contributed by atoms with E-state index in [9.17, 15) is 0 Å². The quantitative estimate of drug-likeness (QED) is 0.172. The molecule has 55 heavy (non-hydrogen) atoms. The van der Waals surface area contributed by atoms with Crippen LogP contribution < -0.4 is 0 Å². The van der Waals surface area contributed by atoms with Gasteiger partial charge >= 0.3 is 0 Å². The SMILES string of the molecule is c1ccc(-c2nc(-c3ccccc3)nc(-c3ccc4c5ccccc5c5ccccc5c4c3-c3ccc4c(c3)c3cccc5c6ccccc6n4c53)n2)cc1. The normalized spacial score (nSPS) is 12.0. The van der Waals surface area contributed by atoms with Gasteiger partial charge in [0.15, 0.2) is 17.5 Å². The van der Waals surface area contributed by atoms with Crippen molar-refractivity contribution in [2.24, 2.45) is 0 Å². The molecule has 3 heterocycles. The summed E-state index contributed by atoms with van der Waals surface area (Å²) in [6.07, 6.45) is 0. The number of benzene rings is 9. The van der Waals surface area contributed by atoms with Gasteiger partial charge in [-0.2, -0.15) is 0 Å². The topological polar surface area (TPSA) is 43.1 Å². The first-order chi connectivity index (χ1) is 27.3. The van der Waals surface area contributed by atoms with Crippen molar-refractivity contribution < 1.29 is 0 Å². The van der Waals surface area contributed by atoms with Gasteiger partial charge in [0.25, 0.3) is 0 Å². The highest BCUT2D eigenvalue weighted by molar-refractivity contribution is 6.30. The summed E-state index contributed by atoms with van der Waals surface area (Å²) >= 11 is 0. The van der Waals surface area contributed by atoms with Gasteiger partial charge in [0, 0.05) is 43.8 Å². The molecule has 0 saturated carbocycles. The standard InChI is InChI=1S/C51H30N4/c1-3-14-31(15-4-1)49-52-50(32-16-5-2-6-17-32)54-51(53-49)42-28-27-39-36-20-8-7-18-34(36)35-19-9-10-22-38(35)47(39)46(42)33-26-29-45-43(30-33)41-24-13-23-40-37-21-11-12-25-44(37)55(45)48(40)41/h1-30H. The van der Waals surface area contributed by atoms with Gasteiger partial charge in [-0.05, 0) is 62.1 Å². The first-order valence-electron chi connectivity index (χ1n) is 18.7. The van der Waals surface area contributed by atoms with E-state index in [1.807, 2.05) is 36.4 Å². The van der Waals surface area contributed by atoms with Gasteiger partial charge in [-0.25, -0.2) is 15.0 Å². The summed E-state index contributed by atoms with van der Waals surface area (Å²) in [7, 11) is 0. The Kier molecular flexibility index (Phi) is 6.31. The van der Waals surface area contributed by atoms with Crippen LogP contribution in [0.3, 0.4) is 0 Å². The minimum atomic E-state index is 0.640. The van der Waals surface area contributed by atoms with E-state index in [1.165, 1.54) is 70.4 Å². The highest BCUT2D eigenvalue weighted by Crippen LogP contribution is 2.47. The van der Waals surface area contributed by atoms with E-state index in [4.69, 9.17) is 15.0 Å². The summed E-state index contributed by atoms with van der Waals surface area (Å²) in [6.45, 7) is 0. The number of hydrogen-bond donors (Lipinski definition) is 0. The molecule has 0 N–H and O–H groups in total. The van der Waals surface area contributed by atoms with Crippen LogP contribution in [-0.2, 0) is 0 Å². The highest BCUT2D eigenvalue weighted by atomic mass is 15.0. The lowest BCUT2D eigenvalue weighted by Gasteiger charge is -2.18. The van der Waals surface area contributed by atoms with Crippen molar-refractivity contribution in [1.82, 2.24) is 19.4 Å². The second-order valence-corrected chi connectivity index (χ2v) is 14.3. The Bertz CT molecular complexity index is 3380. The van der Waals surface area contributed by atoms with Crippen LogP contribution in [-0.4, -0.2) is 19.4 Å². The molecule has 3 aromatic heterocycles. The van der Waals surface area contributed by atoms with Crippen LogP contribution in [0.15, 0.2) is 182 Å². The summed E-state index contributed by atoms with van der Waals surface area (Å²) < 4.78 is 2.44. The van der Waals surface area contributed by atoms with Crippen LogP contribution in [0.5, 0.6) is 0 Å². The van der Waals surface area contributed by atoms with E-state index in [2.05, 4.69) is 150 Å². The number of rotatable bonds is 4. The Morgan fingerprint density at radius 3 is 1.47 bits per heavy atom. The molecule has 0 unspecified atom stereocenters. The Morgan fingerprint density at radius 2 is 0.800 bits per heavy atom. The molecule has 0 atom stereocenters. The van der Waals surface area contributed by atoms with Crippen LogP contribution in [0, 0.1) is 0 Å². The number of nitrogens with zero attached hydrogens (tertiary/aromatic N) is 4. The van der Waals surface area contributed by atoms with E-state index < -0.39 is 0 Å². The minimum Gasteiger partial charge on any atom is -0.308 e. The average molecular weight is 699 g/mol. The Hall–Kier alpha value is -7.43. The molecule has 0 amide bonds. The molecule has 9 aromatic carbocycles. The maximum atomic E-state index is 5.27. The Labute approximate surface area is 316 Å². The number of para-hydroxylation sites is 2. The molecule has 0 aliphatic rings.